The van der Waals surface area contributed by atoms with E-state index in [1.807, 2.05) is 24.3 Å². The Morgan fingerprint density at radius 2 is 2.00 bits per heavy atom. The van der Waals surface area contributed by atoms with Crippen molar-refractivity contribution in [1.82, 2.24) is 10.3 Å². The monoisotopic (exact) mass is 271 g/mol. The summed E-state index contributed by atoms with van der Waals surface area (Å²) in [6.07, 6.45) is 4.96. The first-order chi connectivity index (χ1) is 9.83. The summed E-state index contributed by atoms with van der Waals surface area (Å²) >= 11 is 0. The molecule has 2 N–H and O–H groups in total. The minimum absolute atomic E-state index is 0.107. The molecular formula is C15H17N3O2. The zero-order chi connectivity index (χ0) is 13.8. The maximum atomic E-state index is 12.1. The largest absolute Gasteiger partial charge is 0.445 e. The summed E-state index contributed by atoms with van der Waals surface area (Å²) in [6.45, 7) is 1.84. The van der Waals surface area contributed by atoms with Crippen molar-refractivity contribution >= 4 is 11.6 Å². The first-order valence-electron chi connectivity index (χ1n) is 6.84. The van der Waals surface area contributed by atoms with E-state index in [-0.39, 0.29) is 11.8 Å². The summed E-state index contributed by atoms with van der Waals surface area (Å²) in [4.78, 5) is 16.2. The van der Waals surface area contributed by atoms with E-state index in [4.69, 9.17) is 4.42 Å². The second-order valence-corrected chi connectivity index (χ2v) is 4.93. The number of nitrogens with zero attached hydrogens (tertiary/aromatic N) is 1. The Kier molecular flexibility index (Phi) is 3.78. The topological polar surface area (TPSA) is 67.2 Å². The van der Waals surface area contributed by atoms with Crippen molar-refractivity contribution in [3.8, 4) is 11.5 Å². The number of hydrogen-bond acceptors (Lipinski definition) is 4. The third-order valence-electron chi connectivity index (χ3n) is 3.54. The number of aromatic nitrogens is 1. The van der Waals surface area contributed by atoms with Gasteiger partial charge in [-0.3, -0.25) is 4.79 Å². The minimum atomic E-state index is 0.107. The van der Waals surface area contributed by atoms with Crippen LogP contribution >= 0.6 is 0 Å². The molecule has 1 saturated heterocycles. The number of rotatable bonds is 3. The lowest BCUT2D eigenvalue weighted by Crippen LogP contribution is -2.34. The summed E-state index contributed by atoms with van der Waals surface area (Å²) in [5.41, 5.74) is 1.71. The molecule has 3 rings (SSSR count). The van der Waals surface area contributed by atoms with Crippen LogP contribution in [0.5, 0.6) is 0 Å². The molecule has 2 aromatic rings. The third kappa shape index (κ3) is 2.88. The van der Waals surface area contributed by atoms with Gasteiger partial charge in [0.2, 0.25) is 11.8 Å². The Morgan fingerprint density at radius 1 is 1.25 bits per heavy atom. The first kappa shape index (κ1) is 12.9. The molecule has 0 saturated carbocycles. The predicted octanol–water partition coefficient (Wildman–Crippen LogP) is 2.28. The average molecular weight is 271 g/mol. The summed E-state index contributed by atoms with van der Waals surface area (Å²) in [6, 6.07) is 7.53. The maximum absolute atomic E-state index is 12.1. The zero-order valence-corrected chi connectivity index (χ0v) is 11.1. The number of hydrogen-bond donors (Lipinski definition) is 2. The van der Waals surface area contributed by atoms with E-state index in [0.717, 1.165) is 37.2 Å². The van der Waals surface area contributed by atoms with Crippen LogP contribution in [0.15, 0.2) is 41.1 Å². The Bertz CT molecular complexity index is 557. The molecule has 0 radical (unpaired) electrons. The second-order valence-electron chi connectivity index (χ2n) is 4.93. The summed E-state index contributed by atoms with van der Waals surface area (Å²) in [5, 5.41) is 6.23. The van der Waals surface area contributed by atoms with Gasteiger partial charge in [0, 0.05) is 17.2 Å². The lowest BCUT2D eigenvalue weighted by Gasteiger charge is -2.21. The summed E-state index contributed by atoms with van der Waals surface area (Å²) < 4.78 is 5.23. The number of oxazole rings is 1. The fourth-order valence-electron chi connectivity index (χ4n) is 2.39. The first-order valence-corrected chi connectivity index (χ1v) is 6.84. The van der Waals surface area contributed by atoms with E-state index in [2.05, 4.69) is 15.6 Å². The SMILES string of the molecule is O=C(Nc1ccc(-c2ncco2)cc1)C1CCNCC1. The van der Waals surface area contributed by atoms with E-state index in [0.29, 0.717) is 5.89 Å². The Labute approximate surface area is 117 Å². The van der Waals surface area contributed by atoms with Gasteiger partial charge in [-0.15, -0.1) is 0 Å². The molecule has 1 aromatic carbocycles. The van der Waals surface area contributed by atoms with Crippen LogP contribution in [0.2, 0.25) is 0 Å². The van der Waals surface area contributed by atoms with Crippen LogP contribution in [0.25, 0.3) is 11.5 Å². The highest BCUT2D eigenvalue weighted by molar-refractivity contribution is 5.92. The molecule has 1 aromatic heterocycles. The Morgan fingerprint density at radius 3 is 2.65 bits per heavy atom. The van der Waals surface area contributed by atoms with Gasteiger partial charge >= 0.3 is 0 Å². The van der Waals surface area contributed by atoms with Gasteiger partial charge in [-0.25, -0.2) is 4.98 Å². The molecule has 0 unspecified atom stereocenters. The highest BCUT2D eigenvalue weighted by Gasteiger charge is 2.20. The smallest absolute Gasteiger partial charge is 0.227 e. The molecule has 20 heavy (non-hydrogen) atoms. The molecule has 1 aliphatic heterocycles. The highest BCUT2D eigenvalue weighted by Crippen LogP contribution is 2.21. The molecule has 104 valence electrons. The molecule has 1 aliphatic rings. The number of anilines is 1. The number of piperidine rings is 1. The lowest BCUT2D eigenvalue weighted by molar-refractivity contribution is -0.120. The molecule has 2 heterocycles. The van der Waals surface area contributed by atoms with Crippen molar-refractivity contribution in [3.63, 3.8) is 0 Å². The number of benzene rings is 1. The van der Waals surface area contributed by atoms with Crippen molar-refractivity contribution in [2.24, 2.45) is 5.92 Å². The standard InChI is InChI=1S/C15H17N3O2/c19-14(11-5-7-16-8-6-11)18-13-3-1-12(2-4-13)15-17-9-10-20-15/h1-4,9-11,16H,5-8H2,(H,18,19). The van der Waals surface area contributed by atoms with Crippen molar-refractivity contribution < 1.29 is 9.21 Å². The van der Waals surface area contributed by atoms with Crippen LogP contribution in [-0.4, -0.2) is 24.0 Å². The minimum Gasteiger partial charge on any atom is -0.445 e. The molecular weight excluding hydrogens is 254 g/mol. The average Bonchev–Trinajstić information content (AvgIpc) is 3.03. The van der Waals surface area contributed by atoms with Gasteiger partial charge in [0.15, 0.2) is 0 Å². The van der Waals surface area contributed by atoms with Gasteiger partial charge in [-0.05, 0) is 50.2 Å². The normalized spacial score (nSPS) is 16.0. The number of carbonyl (C=O) groups excluding carboxylic acids is 1. The van der Waals surface area contributed by atoms with Gasteiger partial charge in [0.05, 0.1) is 6.20 Å². The highest BCUT2D eigenvalue weighted by atomic mass is 16.3. The van der Waals surface area contributed by atoms with Crippen LogP contribution in [0.3, 0.4) is 0 Å². The Balaban J connectivity index is 1.64. The third-order valence-corrected chi connectivity index (χ3v) is 3.54. The molecule has 0 aliphatic carbocycles. The quantitative estimate of drug-likeness (QED) is 0.898. The van der Waals surface area contributed by atoms with Gasteiger partial charge in [-0.1, -0.05) is 0 Å². The van der Waals surface area contributed by atoms with Crippen LogP contribution in [0.4, 0.5) is 5.69 Å². The molecule has 1 fully saturated rings. The molecule has 0 atom stereocenters. The van der Waals surface area contributed by atoms with Gasteiger partial charge in [0.25, 0.3) is 0 Å². The molecule has 0 spiro atoms. The number of amides is 1. The van der Waals surface area contributed by atoms with Gasteiger partial charge in [-0.2, -0.15) is 0 Å². The van der Waals surface area contributed by atoms with E-state index in [9.17, 15) is 4.79 Å². The van der Waals surface area contributed by atoms with Crippen LogP contribution in [0, 0.1) is 5.92 Å². The molecule has 0 bridgehead atoms. The van der Waals surface area contributed by atoms with E-state index < -0.39 is 0 Å². The van der Waals surface area contributed by atoms with E-state index in [1.54, 1.807) is 12.5 Å². The van der Waals surface area contributed by atoms with Crippen LogP contribution in [-0.2, 0) is 4.79 Å². The second kappa shape index (κ2) is 5.88. The van der Waals surface area contributed by atoms with Gasteiger partial charge in [0.1, 0.15) is 6.26 Å². The molecule has 1 amide bonds. The van der Waals surface area contributed by atoms with Gasteiger partial charge < -0.3 is 15.1 Å². The number of carbonyl (C=O) groups is 1. The van der Waals surface area contributed by atoms with Crippen molar-refractivity contribution in [1.29, 1.82) is 0 Å². The van der Waals surface area contributed by atoms with Crippen LogP contribution in [0.1, 0.15) is 12.8 Å². The molecule has 5 heteroatoms. The van der Waals surface area contributed by atoms with E-state index >= 15 is 0 Å². The summed E-state index contributed by atoms with van der Waals surface area (Å²) in [7, 11) is 0. The van der Waals surface area contributed by atoms with Crippen LogP contribution < -0.4 is 10.6 Å². The fourth-order valence-corrected chi connectivity index (χ4v) is 2.39. The number of nitrogens with one attached hydrogen (secondary N) is 2. The lowest BCUT2D eigenvalue weighted by atomic mass is 9.97. The van der Waals surface area contributed by atoms with Crippen molar-refractivity contribution in [2.45, 2.75) is 12.8 Å². The maximum Gasteiger partial charge on any atom is 0.227 e. The van der Waals surface area contributed by atoms with Crippen molar-refractivity contribution in [2.75, 3.05) is 18.4 Å². The van der Waals surface area contributed by atoms with E-state index in [1.165, 1.54) is 0 Å². The Hall–Kier alpha value is -2.14. The predicted molar refractivity (Wildman–Crippen MR) is 76.2 cm³/mol. The summed E-state index contributed by atoms with van der Waals surface area (Å²) in [5.74, 6) is 0.805. The fraction of sp³-hybridized carbons (Fsp3) is 0.333. The zero-order valence-electron chi connectivity index (χ0n) is 11.1. The molecule has 5 nitrogen and oxygen atoms in total. The van der Waals surface area contributed by atoms with Crippen molar-refractivity contribution in [3.05, 3.63) is 36.7 Å².